The lowest BCUT2D eigenvalue weighted by Gasteiger charge is -2.42. The number of aliphatic carboxylic acids is 1. The van der Waals surface area contributed by atoms with E-state index in [-0.39, 0.29) is 11.1 Å². The Hall–Kier alpha value is -1.92. The van der Waals surface area contributed by atoms with Crippen LogP contribution in [0.5, 0.6) is 0 Å². The molecule has 0 aliphatic heterocycles. The highest BCUT2D eigenvalue weighted by atomic mass is 16.4. The number of carbonyl (C=O) groups excluding carboxylic acids is 1. The van der Waals surface area contributed by atoms with Gasteiger partial charge >= 0.3 is 5.97 Å². The second-order valence-corrected chi connectivity index (χ2v) is 7.82. The van der Waals surface area contributed by atoms with Gasteiger partial charge in [-0.3, -0.25) is 4.79 Å². The summed E-state index contributed by atoms with van der Waals surface area (Å²) in [6.07, 6.45) is 2.46. The zero-order valence-electron chi connectivity index (χ0n) is 15.2. The van der Waals surface area contributed by atoms with E-state index in [4.69, 9.17) is 0 Å². The summed E-state index contributed by atoms with van der Waals surface area (Å²) in [5.74, 6) is -0.961. The molecule has 2 N–H and O–H groups in total. The summed E-state index contributed by atoms with van der Waals surface area (Å²) >= 11 is 0. The first-order valence-corrected chi connectivity index (χ1v) is 8.56. The van der Waals surface area contributed by atoms with Crippen LogP contribution in [0.2, 0.25) is 0 Å². The van der Waals surface area contributed by atoms with Gasteiger partial charge in [0.1, 0.15) is 5.54 Å². The SMILES string of the molecule is CCn1nnc(C(=O)NC2(C(=O)O)CCC(C(C)(C)C)CC2)c1C. The summed E-state index contributed by atoms with van der Waals surface area (Å²) in [6, 6.07) is 0. The molecule has 1 aliphatic rings. The van der Waals surface area contributed by atoms with E-state index < -0.39 is 17.4 Å². The third-order valence-electron chi connectivity index (χ3n) is 5.32. The molecule has 24 heavy (non-hydrogen) atoms. The highest BCUT2D eigenvalue weighted by Gasteiger charge is 2.45. The average molecular weight is 336 g/mol. The number of carboxylic acid groups (broad SMARTS) is 1. The van der Waals surface area contributed by atoms with Gasteiger partial charge in [-0.15, -0.1) is 5.10 Å². The van der Waals surface area contributed by atoms with Crippen molar-refractivity contribution in [1.29, 1.82) is 0 Å². The quantitative estimate of drug-likeness (QED) is 0.880. The lowest BCUT2D eigenvalue weighted by Crippen LogP contribution is -2.57. The molecule has 1 aromatic rings. The van der Waals surface area contributed by atoms with Crippen molar-refractivity contribution >= 4 is 11.9 Å². The number of rotatable bonds is 4. The number of hydrogen-bond acceptors (Lipinski definition) is 4. The maximum absolute atomic E-state index is 12.6. The first-order chi connectivity index (χ1) is 11.1. The van der Waals surface area contributed by atoms with E-state index in [1.54, 1.807) is 11.6 Å². The maximum Gasteiger partial charge on any atom is 0.329 e. The van der Waals surface area contributed by atoms with Crippen molar-refractivity contribution in [2.45, 2.75) is 72.4 Å². The summed E-state index contributed by atoms with van der Waals surface area (Å²) in [7, 11) is 0. The van der Waals surface area contributed by atoms with Crippen LogP contribution in [0, 0.1) is 18.3 Å². The number of aromatic nitrogens is 3. The van der Waals surface area contributed by atoms with E-state index in [1.165, 1.54) is 0 Å². The third kappa shape index (κ3) is 3.44. The maximum atomic E-state index is 12.6. The van der Waals surface area contributed by atoms with Crippen LogP contribution in [-0.4, -0.2) is 37.5 Å². The lowest BCUT2D eigenvalue weighted by molar-refractivity contribution is -0.146. The van der Waals surface area contributed by atoms with Crippen LogP contribution in [0.25, 0.3) is 0 Å². The largest absolute Gasteiger partial charge is 0.480 e. The van der Waals surface area contributed by atoms with Gasteiger partial charge in [0.2, 0.25) is 0 Å². The topological polar surface area (TPSA) is 97.1 Å². The molecule has 7 heteroatoms. The summed E-state index contributed by atoms with van der Waals surface area (Å²) in [5, 5.41) is 20.3. The van der Waals surface area contributed by atoms with E-state index >= 15 is 0 Å². The molecule has 0 radical (unpaired) electrons. The van der Waals surface area contributed by atoms with Crippen molar-refractivity contribution in [3.8, 4) is 0 Å². The number of carboxylic acids is 1. The van der Waals surface area contributed by atoms with Gasteiger partial charge in [-0.1, -0.05) is 26.0 Å². The Morgan fingerprint density at radius 3 is 2.33 bits per heavy atom. The Morgan fingerprint density at radius 1 is 1.33 bits per heavy atom. The zero-order chi connectivity index (χ0) is 18.1. The van der Waals surface area contributed by atoms with Crippen LogP contribution in [0.4, 0.5) is 0 Å². The van der Waals surface area contributed by atoms with Crippen LogP contribution in [0.1, 0.15) is 69.6 Å². The summed E-state index contributed by atoms with van der Waals surface area (Å²) in [5.41, 5.74) is -0.203. The molecule has 0 bridgehead atoms. The molecule has 0 atom stereocenters. The Kier molecular flexibility index (Phi) is 5.01. The van der Waals surface area contributed by atoms with Gasteiger partial charge in [0.05, 0.1) is 5.69 Å². The molecule has 0 saturated heterocycles. The van der Waals surface area contributed by atoms with E-state index in [9.17, 15) is 14.7 Å². The predicted octanol–water partition coefficient (Wildman–Crippen LogP) is 2.40. The van der Waals surface area contributed by atoms with Gasteiger partial charge in [-0.25, -0.2) is 9.48 Å². The first-order valence-electron chi connectivity index (χ1n) is 8.56. The first kappa shape index (κ1) is 18.4. The van der Waals surface area contributed by atoms with Crippen LogP contribution >= 0.6 is 0 Å². The minimum Gasteiger partial charge on any atom is -0.480 e. The molecule has 1 aliphatic carbocycles. The van der Waals surface area contributed by atoms with Crippen molar-refractivity contribution in [3.63, 3.8) is 0 Å². The van der Waals surface area contributed by atoms with Crippen molar-refractivity contribution in [2.24, 2.45) is 11.3 Å². The van der Waals surface area contributed by atoms with Gasteiger partial charge in [0, 0.05) is 6.54 Å². The Morgan fingerprint density at radius 2 is 1.92 bits per heavy atom. The second kappa shape index (κ2) is 6.53. The van der Waals surface area contributed by atoms with Crippen LogP contribution in [0.15, 0.2) is 0 Å². The van der Waals surface area contributed by atoms with Crippen LogP contribution < -0.4 is 5.32 Å². The molecule has 0 spiro atoms. The third-order valence-corrected chi connectivity index (χ3v) is 5.32. The van der Waals surface area contributed by atoms with Crippen LogP contribution in [0.3, 0.4) is 0 Å². The van der Waals surface area contributed by atoms with Crippen LogP contribution in [-0.2, 0) is 11.3 Å². The summed E-state index contributed by atoms with van der Waals surface area (Å²) in [6.45, 7) is 10.8. The second-order valence-electron chi connectivity index (χ2n) is 7.82. The molecule has 0 aromatic carbocycles. The fourth-order valence-corrected chi connectivity index (χ4v) is 3.52. The van der Waals surface area contributed by atoms with E-state index in [2.05, 4.69) is 36.4 Å². The average Bonchev–Trinajstić information content (AvgIpc) is 2.87. The Labute approximate surface area is 142 Å². The van der Waals surface area contributed by atoms with Gasteiger partial charge in [-0.05, 0) is 50.9 Å². The van der Waals surface area contributed by atoms with E-state index in [1.807, 2.05) is 6.92 Å². The Bertz CT molecular complexity index is 622. The molecule has 1 amide bonds. The number of hydrogen-bond donors (Lipinski definition) is 2. The van der Waals surface area contributed by atoms with E-state index in [0.29, 0.717) is 31.0 Å². The number of nitrogens with one attached hydrogen (secondary N) is 1. The summed E-state index contributed by atoms with van der Waals surface area (Å²) in [4.78, 5) is 24.5. The minimum absolute atomic E-state index is 0.148. The fraction of sp³-hybridized carbons (Fsp3) is 0.765. The molecule has 1 saturated carbocycles. The highest BCUT2D eigenvalue weighted by molar-refractivity contribution is 5.97. The molecular formula is C17H28N4O3. The molecule has 1 heterocycles. The molecule has 1 aromatic heterocycles. The minimum atomic E-state index is -1.21. The van der Waals surface area contributed by atoms with E-state index in [0.717, 1.165) is 12.8 Å². The normalized spacial score (nSPS) is 24.6. The van der Waals surface area contributed by atoms with Crippen molar-refractivity contribution in [3.05, 3.63) is 11.4 Å². The van der Waals surface area contributed by atoms with Gasteiger partial charge in [0.15, 0.2) is 5.69 Å². The number of aryl methyl sites for hydroxylation is 1. The van der Waals surface area contributed by atoms with Gasteiger partial charge in [-0.2, -0.15) is 0 Å². The fourth-order valence-electron chi connectivity index (χ4n) is 3.52. The smallest absolute Gasteiger partial charge is 0.329 e. The number of nitrogens with zero attached hydrogens (tertiary/aromatic N) is 3. The van der Waals surface area contributed by atoms with Gasteiger partial charge < -0.3 is 10.4 Å². The highest BCUT2D eigenvalue weighted by Crippen LogP contribution is 2.41. The molecule has 134 valence electrons. The molecule has 7 nitrogen and oxygen atoms in total. The monoisotopic (exact) mass is 336 g/mol. The number of amides is 1. The van der Waals surface area contributed by atoms with Crippen molar-refractivity contribution in [1.82, 2.24) is 20.3 Å². The molecule has 0 unspecified atom stereocenters. The number of carbonyl (C=O) groups is 2. The molecule has 2 rings (SSSR count). The lowest BCUT2D eigenvalue weighted by atomic mass is 9.67. The standard InChI is InChI=1S/C17H28N4O3/c1-6-21-11(2)13(19-20-21)14(22)18-17(15(23)24)9-7-12(8-10-17)16(3,4)5/h12H,6-10H2,1-5H3,(H,18,22)(H,23,24). The van der Waals surface area contributed by atoms with Crippen molar-refractivity contribution in [2.75, 3.05) is 0 Å². The zero-order valence-corrected chi connectivity index (χ0v) is 15.2. The Balaban J connectivity index is 2.16. The van der Waals surface area contributed by atoms with Gasteiger partial charge in [0.25, 0.3) is 5.91 Å². The van der Waals surface area contributed by atoms with Crippen molar-refractivity contribution < 1.29 is 14.7 Å². The summed E-state index contributed by atoms with van der Waals surface area (Å²) < 4.78 is 1.62. The molecule has 1 fully saturated rings. The molecular weight excluding hydrogens is 308 g/mol. The predicted molar refractivity (Wildman–Crippen MR) is 89.7 cm³/mol.